The summed E-state index contributed by atoms with van der Waals surface area (Å²) in [5.74, 6) is 0.0203. The highest BCUT2D eigenvalue weighted by molar-refractivity contribution is 5.93. The number of aromatic nitrogens is 4. The Morgan fingerprint density at radius 1 is 1.15 bits per heavy atom. The summed E-state index contributed by atoms with van der Waals surface area (Å²) in [4.78, 5) is 32.1. The minimum Gasteiger partial charge on any atom is -0.368 e. The Bertz CT molecular complexity index is 1160. The number of primary amides is 1. The lowest BCUT2D eigenvalue weighted by Crippen LogP contribution is -2.28. The van der Waals surface area contributed by atoms with Gasteiger partial charge in [0, 0.05) is 29.4 Å². The molecule has 0 fully saturated rings. The van der Waals surface area contributed by atoms with Gasteiger partial charge in [-0.05, 0) is 18.2 Å². The third kappa shape index (κ3) is 2.73. The summed E-state index contributed by atoms with van der Waals surface area (Å²) in [5.41, 5.74) is 6.70. The molecule has 4 rings (SSSR count). The van der Waals surface area contributed by atoms with Crippen LogP contribution in [0.15, 0.2) is 64.2 Å². The number of benzene rings is 1. The quantitative estimate of drug-likeness (QED) is 0.599. The maximum absolute atomic E-state index is 12.5. The predicted octanol–water partition coefficient (Wildman–Crippen LogP) is 1.60. The molecular formula is C18H13N5O3. The number of para-hydroxylation sites is 1. The molecule has 4 aromatic rings. The van der Waals surface area contributed by atoms with Crippen LogP contribution < -0.4 is 11.3 Å². The van der Waals surface area contributed by atoms with Crippen LogP contribution in [0.3, 0.4) is 0 Å². The monoisotopic (exact) mass is 347 g/mol. The average Bonchev–Trinajstić information content (AvgIpc) is 3.14. The molecular weight excluding hydrogens is 334 g/mol. The zero-order valence-corrected chi connectivity index (χ0v) is 13.5. The van der Waals surface area contributed by atoms with Crippen LogP contribution in [0.4, 0.5) is 0 Å². The van der Waals surface area contributed by atoms with Gasteiger partial charge in [0.2, 0.25) is 11.7 Å². The Kier molecular flexibility index (Phi) is 3.77. The molecule has 0 unspecified atom stereocenters. The lowest BCUT2D eigenvalue weighted by molar-refractivity contribution is -0.118. The maximum atomic E-state index is 12.5. The van der Waals surface area contributed by atoms with Crippen molar-refractivity contribution >= 4 is 16.8 Å². The Labute approximate surface area is 146 Å². The molecule has 0 aliphatic carbocycles. The van der Waals surface area contributed by atoms with Crippen LogP contribution in [-0.2, 0) is 11.3 Å². The highest BCUT2D eigenvalue weighted by Crippen LogP contribution is 2.27. The van der Waals surface area contributed by atoms with Crippen molar-refractivity contribution in [3.05, 3.63) is 65.2 Å². The standard InChI is InChI=1S/C18H13N5O3/c19-15(24)10-23-14-4-2-1-3-12(14)13(9-16(23)25)18-21-17(22-26-18)11-5-7-20-8-6-11/h1-9H,10H2,(H2,19,24). The number of rotatable bonds is 4. The van der Waals surface area contributed by atoms with E-state index in [1.165, 1.54) is 10.6 Å². The van der Waals surface area contributed by atoms with E-state index < -0.39 is 5.91 Å². The molecule has 1 aromatic carbocycles. The third-order valence-electron chi connectivity index (χ3n) is 3.93. The number of fused-ring (bicyclic) bond motifs is 1. The fraction of sp³-hybridized carbons (Fsp3) is 0.0556. The van der Waals surface area contributed by atoms with Crippen LogP contribution in [0.2, 0.25) is 0 Å². The van der Waals surface area contributed by atoms with Gasteiger partial charge < -0.3 is 10.3 Å². The van der Waals surface area contributed by atoms with Gasteiger partial charge >= 0.3 is 0 Å². The topological polar surface area (TPSA) is 117 Å². The Morgan fingerprint density at radius 3 is 2.69 bits per heavy atom. The van der Waals surface area contributed by atoms with E-state index in [0.29, 0.717) is 22.3 Å². The van der Waals surface area contributed by atoms with Crippen LogP contribution in [0.1, 0.15) is 0 Å². The molecule has 0 bridgehead atoms. The van der Waals surface area contributed by atoms with Crippen molar-refractivity contribution in [1.29, 1.82) is 0 Å². The van der Waals surface area contributed by atoms with Gasteiger partial charge in [-0.3, -0.25) is 19.1 Å². The van der Waals surface area contributed by atoms with E-state index in [1.54, 1.807) is 36.7 Å². The summed E-state index contributed by atoms with van der Waals surface area (Å²) in [5, 5.41) is 4.68. The van der Waals surface area contributed by atoms with Gasteiger partial charge in [0.15, 0.2) is 0 Å². The molecule has 2 N–H and O–H groups in total. The molecule has 3 heterocycles. The van der Waals surface area contributed by atoms with Crippen molar-refractivity contribution < 1.29 is 9.32 Å². The molecule has 0 aliphatic rings. The van der Waals surface area contributed by atoms with E-state index in [0.717, 1.165) is 5.56 Å². The second-order valence-electron chi connectivity index (χ2n) is 5.62. The first-order valence-corrected chi connectivity index (χ1v) is 7.79. The highest BCUT2D eigenvalue weighted by atomic mass is 16.5. The lowest BCUT2D eigenvalue weighted by atomic mass is 10.1. The lowest BCUT2D eigenvalue weighted by Gasteiger charge is -2.10. The van der Waals surface area contributed by atoms with E-state index in [9.17, 15) is 9.59 Å². The van der Waals surface area contributed by atoms with Crippen LogP contribution in [-0.4, -0.2) is 25.6 Å². The Hall–Kier alpha value is -3.81. The molecule has 0 saturated carbocycles. The second-order valence-corrected chi connectivity index (χ2v) is 5.62. The first-order valence-electron chi connectivity index (χ1n) is 7.79. The molecule has 1 amide bonds. The van der Waals surface area contributed by atoms with Gasteiger partial charge in [-0.15, -0.1) is 0 Å². The zero-order valence-electron chi connectivity index (χ0n) is 13.5. The first kappa shape index (κ1) is 15.7. The fourth-order valence-electron chi connectivity index (χ4n) is 2.78. The van der Waals surface area contributed by atoms with Gasteiger partial charge in [-0.2, -0.15) is 4.98 Å². The van der Waals surface area contributed by atoms with Crippen molar-refractivity contribution in [2.24, 2.45) is 5.73 Å². The number of carbonyl (C=O) groups excluding carboxylic acids is 1. The van der Waals surface area contributed by atoms with Crippen LogP contribution in [0, 0.1) is 0 Å². The van der Waals surface area contributed by atoms with Crippen molar-refractivity contribution in [3.63, 3.8) is 0 Å². The summed E-state index contributed by atoms with van der Waals surface area (Å²) < 4.78 is 6.69. The van der Waals surface area contributed by atoms with Gasteiger partial charge in [0.05, 0.1) is 11.1 Å². The first-order chi connectivity index (χ1) is 12.6. The molecule has 0 aliphatic heterocycles. The number of nitrogens with two attached hydrogens (primary N) is 1. The number of amides is 1. The van der Waals surface area contributed by atoms with Crippen molar-refractivity contribution in [2.45, 2.75) is 6.54 Å². The molecule has 8 nitrogen and oxygen atoms in total. The predicted molar refractivity (Wildman–Crippen MR) is 93.9 cm³/mol. The van der Waals surface area contributed by atoms with E-state index in [-0.39, 0.29) is 18.0 Å². The van der Waals surface area contributed by atoms with E-state index >= 15 is 0 Å². The SMILES string of the molecule is NC(=O)Cn1c(=O)cc(-c2nc(-c3ccncc3)no2)c2ccccc21. The molecule has 0 atom stereocenters. The second kappa shape index (κ2) is 6.25. The van der Waals surface area contributed by atoms with Crippen LogP contribution in [0.5, 0.6) is 0 Å². The molecule has 0 saturated heterocycles. The van der Waals surface area contributed by atoms with Gasteiger partial charge in [0.25, 0.3) is 11.4 Å². The summed E-state index contributed by atoms with van der Waals surface area (Å²) in [6.45, 7) is -0.203. The summed E-state index contributed by atoms with van der Waals surface area (Å²) in [6, 6.07) is 12.1. The molecule has 0 spiro atoms. The number of nitrogens with zero attached hydrogens (tertiary/aromatic N) is 4. The van der Waals surface area contributed by atoms with E-state index in [2.05, 4.69) is 15.1 Å². The summed E-state index contributed by atoms with van der Waals surface area (Å²) in [7, 11) is 0. The van der Waals surface area contributed by atoms with E-state index in [1.807, 2.05) is 12.1 Å². The smallest absolute Gasteiger partial charge is 0.259 e. The summed E-state index contributed by atoms with van der Waals surface area (Å²) >= 11 is 0. The van der Waals surface area contributed by atoms with Crippen molar-refractivity contribution in [3.8, 4) is 22.8 Å². The highest BCUT2D eigenvalue weighted by Gasteiger charge is 2.17. The molecule has 8 heteroatoms. The maximum Gasteiger partial charge on any atom is 0.259 e. The molecule has 3 aromatic heterocycles. The Balaban J connectivity index is 1.90. The fourth-order valence-corrected chi connectivity index (χ4v) is 2.78. The number of pyridine rings is 2. The van der Waals surface area contributed by atoms with Crippen molar-refractivity contribution in [1.82, 2.24) is 19.7 Å². The average molecular weight is 347 g/mol. The third-order valence-corrected chi connectivity index (χ3v) is 3.93. The van der Waals surface area contributed by atoms with Gasteiger partial charge in [0.1, 0.15) is 6.54 Å². The van der Waals surface area contributed by atoms with Crippen LogP contribution in [0.25, 0.3) is 33.7 Å². The largest absolute Gasteiger partial charge is 0.368 e. The van der Waals surface area contributed by atoms with Crippen molar-refractivity contribution in [2.75, 3.05) is 0 Å². The molecule has 26 heavy (non-hydrogen) atoms. The number of hydrogen-bond acceptors (Lipinski definition) is 6. The van der Waals surface area contributed by atoms with Gasteiger partial charge in [-0.25, -0.2) is 0 Å². The molecule has 128 valence electrons. The van der Waals surface area contributed by atoms with Crippen LogP contribution >= 0.6 is 0 Å². The van der Waals surface area contributed by atoms with Gasteiger partial charge in [-0.1, -0.05) is 23.4 Å². The molecule has 0 radical (unpaired) electrons. The normalized spacial score (nSPS) is 10.9. The Morgan fingerprint density at radius 2 is 1.92 bits per heavy atom. The zero-order chi connectivity index (χ0) is 18.1. The number of hydrogen-bond donors (Lipinski definition) is 1. The summed E-state index contributed by atoms with van der Waals surface area (Å²) in [6.07, 6.45) is 3.26. The minimum atomic E-state index is -0.595. The minimum absolute atomic E-state index is 0.203. The number of carbonyl (C=O) groups is 1. The van der Waals surface area contributed by atoms with E-state index in [4.69, 9.17) is 10.3 Å².